The van der Waals surface area contributed by atoms with Crippen molar-refractivity contribution in [1.82, 2.24) is 4.98 Å². The summed E-state index contributed by atoms with van der Waals surface area (Å²) in [6, 6.07) is 7.29. The predicted molar refractivity (Wildman–Crippen MR) is 68.0 cm³/mol. The van der Waals surface area contributed by atoms with Gasteiger partial charge in [-0.1, -0.05) is 5.16 Å². The maximum Gasteiger partial charge on any atom is 0.219 e. The zero-order valence-corrected chi connectivity index (χ0v) is 10.2. The number of nitrogens with zero attached hydrogens (tertiary/aromatic N) is 2. The van der Waals surface area contributed by atoms with Gasteiger partial charge in [0.2, 0.25) is 5.88 Å². The molecular weight excluding hydrogens is 249 g/mol. The first-order valence-corrected chi connectivity index (χ1v) is 5.48. The van der Waals surface area contributed by atoms with Crippen LogP contribution < -0.4 is 10.5 Å². The van der Waals surface area contributed by atoms with Crippen molar-refractivity contribution in [3.05, 3.63) is 53.5 Å². The van der Waals surface area contributed by atoms with E-state index >= 15 is 0 Å². The van der Waals surface area contributed by atoms with Gasteiger partial charge in [0.25, 0.3) is 0 Å². The molecule has 0 saturated carbocycles. The minimum atomic E-state index is -0.330. The number of aryl methyl sites for hydroxylation is 1. The Kier molecular flexibility index (Phi) is 3.61. The Balaban J connectivity index is 2.28. The van der Waals surface area contributed by atoms with E-state index in [0.29, 0.717) is 16.9 Å². The molecule has 0 fully saturated rings. The van der Waals surface area contributed by atoms with Crippen LogP contribution in [0.2, 0.25) is 0 Å². The zero-order chi connectivity index (χ0) is 13.8. The third-order valence-corrected chi connectivity index (χ3v) is 2.49. The van der Waals surface area contributed by atoms with E-state index in [1.54, 1.807) is 13.0 Å². The molecule has 0 aliphatic rings. The Hall–Kier alpha value is -2.63. The molecule has 2 aromatic rings. The first-order chi connectivity index (χ1) is 9.10. The second-order valence-corrected chi connectivity index (χ2v) is 3.88. The van der Waals surface area contributed by atoms with Crippen molar-refractivity contribution in [3.8, 4) is 11.6 Å². The molecule has 0 radical (unpaired) electrons. The van der Waals surface area contributed by atoms with Crippen molar-refractivity contribution in [3.63, 3.8) is 0 Å². The fraction of sp³-hybridized carbons (Fsp3) is 0.0769. The van der Waals surface area contributed by atoms with E-state index < -0.39 is 0 Å². The number of hydrogen-bond donors (Lipinski definition) is 2. The molecule has 19 heavy (non-hydrogen) atoms. The molecule has 0 bridgehead atoms. The lowest BCUT2D eigenvalue weighted by molar-refractivity contribution is 0.318. The van der Waals surface area contributed by atoms with Crippen molar-refractivity contribution in [1.29, 1.82) is 0 Å². The van der Waals surface area contributed by atoms with Crippen molar-refractivity contribution < 1.29 is 14.3 Å². The lowest BCUT2D eigenvalue weighted by Gasteiger charge is -2.08. The molecule has 0 aliphatic carbocycles. The number of rotatable bonds is 3. The van der Waals surface area contributed by atoms with Crippen molar-refractivity contribution in [2.75, 3.05) is 0 Å². The zero-order valence-electron chi connectivity index (χ0n) is 10.2. The minimum absolute atomic E-state index is 0.0388. The Morgan fingerprint density at radius 1 is 1.37 bits per heavy atom. The number of nitrogens with two attached hydrogens (primary N) is 1. The summed E-state index contributed by atoms with van der Waals surface area (Å²) in [6.45, 7) is 1.73. The molecule has 0 spiro atoms. The molecule has 1 aromatic carbocycles. The summed E-state index contributed by atoms with van der Waals surface area (Å²) in [7, 11) is 0. The van der Waals surface area contributed by atoms with Gasteiger partial charge < -0.3 is 15.7 Å². The molecule has 6 heteroatoms. The average molecular weight is 261 g/mol. The molecule has 1 heterocycles. The van der Waals surface area contributed by atoms with E-state index in [1.807, 2.05) is 0 Å². The van der Waals surface area contributed by atoms with Crippen LogP contribution in [-0.2, 0) is 0 Å². The number of aromatic nitrogens is 1. The summed E-state index contributed by atoms with van der Waals surface area (Å²) in [5.74, 6) is 0.399. The number of benzene rings is 1. The first-order valence-electron chi connectivity index (χ1n) is 5.48. The molecule has 98 valence electrons. The molecule has 3 N–H and O–H groups in total. The van der Waals surface area contributed by atoms with E-state index in [4.69, 9.17) is 15.7 Å². The summed E-state index contributed by atoms with van der Waals surface area (Å²) in [5.41, 5.74) is 6.60. The van der Waals surface area contributed by atoms with Crippen molar-refractivity contribution in [2.45, 2.75) is 6.92 Å². The molecule has 0 aliphatic heterocycles. The van der Waals surface area contributed by atoms with Gasteiger partial charge in [0.05, 0.1) is 0 Å². The number of amidine groups is 1. The van der Waals surface area contributed by atoms with Gasteiger partial charge in [0.1, 0.15) is 11.6 Å². The highest BCUT2D eigenvalue weighted by molar-refractivity contribution is 5.97. The molecule has 1 aromatic heterocycles. The molecule has 0 unspecified atom stereocenters. The standard InChI is InChI=1S/C13H12FN3O2/c1-8-6-10(14)2-3-11(8)19-12-7-9(4-5-16-12)13(15)17-18/h2-7,18H,1H3,(H2,15,17). The fourth-order valence-electron chi connectivity index (χ4n) is 1.52. The third-order valence-electron chi connectivity index (χ3n) is 2.49. The maximum absolute atomic E-state index is 13.0. The van der Waals surface area contributed by atoms with Gasteiger partial charge in [0, 0.05) is 17.8 Å². The maximum atomic E-state index is 13.0. The monoisotopic (exact) mass is 261 g/mol. The van der Waals surface area contributed by atoms with E-state index in [0.717, 1.165) is 0 Å². The van der Waals surface area contributed by atoms with E-state index in [2.05, 4.69) is 10.1 Å². The summed E-state index contributed by atoms with van der Waals surface area (Å²) >= 11 is 0. The predicted octanol–water partition coefficient (Wildman–Crippen LogP) is 2.42. The summed E-state index contributed by atoms with van der Waals surface area (Å²) in [6.07, 6.45) is 1.47. The lowest BCUT2D eigenvalue weighted by Crippen LogP contribution is -2.13. The topological polar surface area (TPSA) is 80.7 Å². The molecule has 2 rings (SSSR count). The normalized spacial score (nSPS) is 11.4. The largest absolute Gasteiger partial charge is 0.439 e. The summed E-state index contributed by atoms with van der Waals surface area (Å²) in [5, 5.41) is 11.5. The van der Waals surface area contributed by atoms with Crippen LogP contribution in [0.4, 0.5) is 4.39 Å². The second kappa shape index (κ2) is 5.34. The number of pyridine rings is 1. The third kappa shape index (κ3) is 2.98. The van der Waals surface area contributed by atoms with Crippen LogP contribution in [0, 0.1) is 12.7 Å². The Morgan fingerprint density at radius 2 is 2.16 bits per heavy atom. The van der Waals surface area contributed by atoms with Crippen molar-refractivity contribution in [2.24, 2.45) is 10.9 Å². The van der Waals surface area contributed by atoms with Gasteiger partial charge in [-0.05, 0) is 36.8 Å². The van der Waals surface area contributed by atoms with Crippen LogP contribution in [0.5, 0.6) is 11.6 Å². The van der Waals surface area contributed by atoms with Crippen LogP contribution in [0.25, 0.3) is 0 Å². The summed E-state index contributed by atoms with van der Waals surface area (Å²) < 4.78 is 18.5. The molecule has 5 nitrogen and oxygen atoms in total. The van der Waals surface area contributed by atoms with Crippen LogP contribution in [0.3, 0.4) is 0 Å². The van der Waals surface area contributed by atoms with Gasteiger partial charge in [-0.25, -0.2) is 9.37 Å². The van der Waals surface area contributed by atoms with Crippen molar-refractivity contribution >= 4 is 5.84 Å². The van der Waals surface area contributed by atoms with E-state index in [1.165, 1.54) is 30.5 Å². The van der Waals surface area contributed by atoms with Gasteiger partial charge >= 0.3 is 0 Å². The first kappa shape index (κ1) is 12.8. The number of halogens is 1. The van der Waals surface area contributed by atoms with Gasteiger partial charge in [-0.3, -0.25) is 0 Å². The van der Waals surface area contributed by atoms with E-state index in [-0.39, 0.29) is 17.5 Å². The van der Waals surface area contributed by atoms with E-state index in [9.17, 15) is 4.39 Å². The van der Waals surface area contributed by atoms with Gasteiger partial charge in [0.15, 0.2) is 5.84 Å². The summed E-state index contributed by atoms with van der Waals surface area (Å²) in [4.78, 5) is 4.01. The lowest BCUT2D eigenvalue weighted by atomic mass is 10.2. The average Bonchev–Trinajstić information content (AvgIpc) is 2.41. The fourth-order valence-corrected chi connectivity index (χ4v) is 1.52. The minimum Gasteiger partial charge on any atom is -0.439 e. The number of ether oxygens (including phenoxy) is 1. The Bertz CT molecular complexity index is 629. The smallest absolute Gasteiger partial charge is 0.219 e. The molecule has 0 atom stereocenters. The number of oxime groups is 1. The highest BCUT2D eigenvalue weighted by atomic mass is 19.1. The van der Waals surface area contributed by atoms with Crippen LogP contribution in [0.15, 0.2) is 41.7 Å². The van der Waals surface area contributed by atoms with Gasteiger partial charge in [-0.15, -0.1) is 0 Å². The molecular formula is C13H12FN3O2. The molecule has 0 saturated heterocycles. The highest BCUT2D eigenvalue weighted by Gasteiger charge is 2.06. The second-order valence-electron chi connectivity index (χ2n) is 3.88. The van der Waals surface area contributed by atoms with Crippen LogP contribution in [-0.4, -0.2) is 16.0 Å². The highest BCUT2D eigenvalue weighted by Crippen LogP contribution is 2.24. The van der Waals surface area contributed by atoms with Gasteiger partial charge in [-0.2, -0.15) is 0 Å². The van der Waals surface area contributed by atoms with Crippen LogP contribution in [0.1, 0.15) is 11.1 Å². The molecule has 0 amide bonds. The Morgan fingerprint density at radius 3 is 2.84 bits per heavy atom. The SMILES string of the molecule is Cc1cc(F)ccc1Oc1cc(/C(N)=N/O)ccn1. The Labute approximate surface area is 109 Å². The number of hydrogen-bond acceptors (Lipinski definition) is 4. The quantitative estimate of drug-likeness (QED) is 0.385. The van der Waals surface area contributed by atoms with Crippen LogP contribution >= 0.6 is 0 Å².